The van der Waals surface area contributed by atoms with Crippen LogP contribution in [0, 0.1) is 6.92 Å². The zero-order valence-corrected chi connectivity index (χ0v) is 10.2. The van der Waals surface area contributed by atoms with Crippen molar-refractivity contribution in [2.45, 2.75) is 20.0 Å². The number of para-hydroxylation sites is 2. The lowest BCUT2D eigenvalue weighted by Crippen LogP contribution is -2.09. The highest BCUT2D eigenvalue weighted by Gasteiger charge is 2.06. The van der Waals surface area contributed by atoms with Crippen molar-refractivity contribution in [3.63, 3.8) is 0 Å². The molecule has 92 valence electrons. The van der Waals surface area contributed by atoms with Gasteiger partial charge in [0.05, 0.1) is 29.5 Å². The number of hydrogen-bond donors (Lipinski definition) is 1. The minimum Gasteiger partial charge on any atom is -0.396 e. The fourth-order valence-electron chi connectivity index (χ4n) is 2.18. The molecular weight excluding hydrogens is 226 g/mol. The summed E-state index contributed by atoms with van der Waals surface area (Å²) in [4.78, 5) is 4.54. The molecule has 2 heterocycles. The first-order valence-electron chi connectivity index (χ1n) is 5.94. The van der Waals surface area contributed by atoms with E-state index in [1.54, 1.807) is 6.20 Å². The van der Waals surface area contributed by atoms with Gasteiger partial charge in [0.25, 0.3) is 0 Å². The molecule has 2 aromatic heterocycles. The molecule has 0 fully saturated rings. The number of anilines is 1. The SMILES string of the molecule is Cc1nc2ccccc2n1CCn1cc(N)cn1. The Morgan fingerprint density at radius 1 is 1.22 bits per heavy atom. The predicted molar refractivity (Wildman–Crippen MR) is 71.1 cm³/mol. The van der Waals surface area contributed by atoms with E-state index < -0.39 is 0 Å². The van der Waals surface area contributed by atoms with Gasteiger partial charge in [-0.3, -0.25) is 4.68 Å². The van der Waals surface area contributed by atoms with E-state index in [0.717, 1.165) is 29.9 Å². The molecule has 0 atom stereocenters. The predicted octanol–water partition coefficient (Wildman–Crippen LogP) is 1.82. The number of fused-ring (bicyclic) bond motifs is 1. The van der Waals surface area contributed by atoms with Crippen LogP contribution >= 0.6 is 0 Å². The van der Waals surface area contributed by atoms with Crippen LogP contribution in [0.3, 0.4) is 0 Å². The molecule has 5 heteroatoms. The summed E-state index contributed by atoms with van der Waals surface area (Å²) in [7, 11) is 0. The van der Waals surface area contributed by atoms with Crippen molar-refractivity contribution in [3.05, 3.63) is 42.5 Å². The van der Waals surface area contributed by atoms with Gasteiger partial charge in [-0.15, -0.1) is 0 Å². The maximum Gasteiger partial charge on any atom is 0.106 e. The standard InChI is InChI=1S/C13H15N5/c1-10-16-12-4-2-3-5-13(12)18(10)7-6-17-9-11(14)8-15-17/h2-5,8-9H,6-7,14H2,1H3. The van der Waals surface area contributed by atoms with Crippen molar-refractivity contribution < 1.29 is 0 Å². The Morgan fingerprint density at radius 2 is 2.06 bits per heavy atom. The quantitative estimate of drug-likeness (QED) is 0.761. The number of aromatic nitrogens is 4. The van der Waals surface area contributed by atoms with Gasteiger partial charge in [-0.25, -0.2) is 4.98 Å². The number of rotatable bonds is 3. The highest BCUT2D eigenvalue weighted by atomic mass is 15.3. The summed E-state index contributed by atoms with van der Waals surface area (Å²) in [5.74, 6) is 1.02. The minimum absolute atomic E-state index is 0.696. The molecule has 0 amide bonds. The van der Waals surface area contributed by atoms with E-state index in [0.29, 0.717) is 5.69 Å². The van der Waals surface area contributed by atoms with Crippen molar-refractivity contribution in [1.82, 2.24) is 19.3 Å². The fraction of sp³-hybridized carbons (Fsp3) is 0.231. The second-order valence-corrected chi connectivity index (χ2v) is 4.34. The van der Waals surface area contributed by atoms with E-state index in [4.69, 9.17) is 5.73 Å². The highest BCUT2D eigenvalue weighted by Crippen LogP contribution is 2.15. The van der Waals surface area contributed by atoms with Crippen LogP contribution in [0.25, 0.3) is 11.0 Å². The lowest BCUT2D eigenvalue weighted by molar-refractivity contribution is 0.534. The van der Waals surface area contributed by atoms with Crippen LogP contribution in [0.4, 0.5) is 5.69 Å². The summed E-state index contributed by atoms with van der Waals surface area (Å²) in [5, 5.41) is 4.18. The summed E-state index contributed by atoms with van der Waals surface area (Å²) in [6.07, 6.45) is 3.51. The number of nitrogens with zero attached hydrogens (tertiary/aromatic N) is 4. The smallest absolute Gasteiger partial charge is 0.106 e. The highest BCUT2D eigenvalue weighted by molar-refractivity contribution is 5.75. The second-order valence-electron chi connectivity index (χ2n) is 4.34. The van der Waals surface area contributed by atoms with E-state index in [2.05, 4.69) is 20.7 Å². The van der Waals surface area contributed by atoms with E-state index in [9.17, 15) is 0 Å². The van der Waals surface area contributed by atoms with Crippen LogP contribution in [0.2, 0.25) is 0 Å². The van der Waals surface area contributed by atoms with Crippen molar-refractivity contribution in [3.8, 4) is 0 Å². The second kappa shape index (κ2) is 4.18. The third-order valence-corrected chi connectivity index (χ3v) is 3.05. The molecule has 0 aliphatic heterocycles. The third kappa shape index (κ3) is 1.84. The molecule has 0 spiro atoms. The van der Waals surface area contributed by atoms with E-state index in [-0.39, 0.29) is 0 Å². The summed E-state index contributed by atoms with van der Waals surface area (Å²) >= 11 is 0. The van der Waals surface area contributed by atoms with Crippen LogP contribution in [-0.4, -0.2) is 19.3 Å². The summed E-state index contributed by atoms with van der Waals surface area (Å²) in [6.45, 7) is 3.66. The molecule has 3 aromatic rings. The van der Waals surface area contributed by atoms with Crippen LogP contribution in [-0.2, 0) is 13.1 Å². The first kappa shape index (κ1) is 10.8. The van der Waals surface area contributed by atoms with Crippen molar-refractivity contribution in [1.29, 1.82) is 0 Å². The molecule has 1 aromatic carbocycles. The van der Waals surface area contributed by atoms with Crippen molar-refractivity contribution >= 4 is 16.7 Å². The Hall–Kier alpha value is -2.30. The average molecular weight is 241 g/mol. The molecule has 0 saturated carbocycles. The Labute approximate surface area is 105 Å². The first-order valence-corrected chi connectivity index (χ1v) is 5.94. The van der Waals surface area contributed by atoms with Crippen LogP contribution in [0.1, 0.15) is 5.82 Å². The van der Waals surface area contributed by atoms with Gasteiger partial charge < -0.3 is 10.3 Å². The molecular formula is C13H15N5. The number of nitrogens with two attached hydrogens (primary N) is 1. The number of imidazole rings is 1. The molecule has 0 unspecified atom stereocenters. The molecule has 0 aliphatic carbocycles. The third-order valence-electron chi connectivity index (χ3n) is 3.05. The molecule has 0 radical (unpaired) electrons. The van der Waals surface area contributed by atoms with Gasteiger partial charge in [0.2, 0.25) is 0 Å². The minimum atomic E-state index is 0.696. The zero-order valence-electron chi connectivity index (χ0n) is 10.2. The topological polar surface area (TPSA) is 61.7 Å². The number of hydrogen-bond acceptors (Lipinski definition) is 3. The summed E-state index contributed by atoms with van der Waals surface area (Å²) in [6, 6.07) is 8.16. The number of benzene rings is 1. The van der Waals surface area contributed by atoms with Crippen molar-refractivity contribution in [2.24, 2.45) is 0 Å². The van der Waals surface area contributed by atoms with E-state index >= 15 is 0 Å². The summed E-state index contributed by atoms with van der Waals surface area (Å²) in [5.41, 5.74) is 8.54. The van der Waals surface area contributed by atoms with Crippen molar-refractivity contribution in [2.75, 3.05) is 5.73 Å². The molecule has 0 saturated heterocycles. The van der Waals surface area contributed by atoms with Gasteiger partial charge >= 0.3 is 0 Å². The van der Waals surface area contributed by atoms with Gasteiger partial charge in [0, 0.05) is 12.7 Å². The van der Waals surface area contributed by atoms with Gasteiger partial charge in [0.15, 0.2) is 0 Å². The largest absolute Gasteiger partial charge is 0.396 e. The van der Waals surface area contributed by atoms with Gasteiger partial charge in [0.1, 0.15) is 5.82 Å². The van der Waals surface area contributed by atoms with E-state index in [1.165, 1.54) is 0 Å². The number of aryl methyl sites for hydroxylation is 3. The Bertz CT molecular complexity index is 680. The van der Waals surface area contributed by atoms with E-state index in [1.807, 2.05) is 36.0 Å². The Kier molecular flexibility index (Phi) is 2.51. The van der Waals surface area contributed by atoms with Crippen LogP contribution in [0.5, 0.6) is 0 Å². The van der Waals surface area contributed by atoms with Gasteiger partial charge in [-0.2, -0.15) is 5.10 Å². The van der Waals surface area contributed by atoms with Gasteiger partial charge in [-0.05, 0) is 19.1 Å². The average Bonchev–Trinajstić information content (AvgIpc) is 2.90. The normalized spacial score (nSPS) is 11.2. The lowest BCUT2D eigenvalue weighted by Gasteiger charge is -2.06. The molecule has 18 heavy (non-hydrogen) atoms. The van der Waals surface area contributed by atoms with Gasteiger partial charge in [-0.1, -0.05) is 12.1 Å². The molecule has 0 aliphatic rings. The monoisotopic (exact) mass is 241 g/mol. The van der Waals surface area contributed by atoms with Crippen LogP contribution in [0.15, 0.2) is 36.7 Å². The Morgan fingerprint density at radius 3 is 2.83 bits per heavy atom. The number of nitrogen functional groups attached to an aromatic ring is 1. The summed E-state index contributed by atoms with van der Waals surface area (Å²) < 4.78 is 4.05. The lowest BCUT2D eigenvalue weighted by atomic mass is 10.3. The maximum atomic E-state index is 5.65. The molecule has 3 rings (SSSR count). The fourth-order valence-corrected chi connectivity index (χ4v) is 2.18. The van der Waals surface area contributed by atoms with Crippen LogP contribution < -0.4 is 5.73 Å². The first-order chi connectivity index (χ1) is 8.74. The maximum absolute atomic E-state index is 5.65. The molecule has 5 nitrogen and oxygen atoms in total. The molecule has 0 bridgehead atoms. The molecule has 2 N–H and O–H groups in total. The Balaban J connectivity index is 1.88. The zero-order chi connectivity index (χ0) is 12.5.